The van der Waals surface area contributed by atoms with Gasteiger partial charge < -0.3 is 18.9 Å². The predicted octanol–water partition coefficient (Wildman–Crippen LogP) is 1.40. The second-order valence-corrected chi connectivity index (χ2v) is 4.48. The summed E-state index contributed by atoms with van der Waals surface area (Å²) in [6.07, 6.45) is 0. The summed E-state index contributed by atoms with van der Waals surface area (Å²) < 4.78 is 19.1. The molecule has 0 amide bonds. The Morgan fingerprint density at radius 3 is 1.96 bits per heavy atom. The fourth-order valence-electron chi connectivity index (χ4n) is 1.38. The summed E-state index contributed by atoms with van der Waals surface area (Å²) in [4.78, 5) is 33.9. The minimum absolute atomic E-state index is 0.0669. The van der Waals surface area contributed by atoms with Crippen molar-refractivity contribution in [1.82, 2.24) is 0 Å². The molecule has 124 valence electrons. The van der Waals surface area contributed by atoms with E-state index < -0.39 is 17.9 Å². The minimum atomic E-state index is -1.15. The van der Waals surface area contributed by atoms with Gasteiger partial charge in [-0.05, 0) is 24.6 Å². The number of hydrogen-bond donors (Lipinski definition) is 0. The highest BCUT2D eigenvalue weighted by Crippen LogP contribution is 2.12. The van der Waals surface area contributed by atoms with Crippen LogP contribution in [0.5, 0.6) is 5.75 Å². The molecule has 1 aromatic carbocycles. The number of benzene rings is 1. The van der Waals surface area contributed by atoms with Crippen molar-refractivity contribution in [3.63, 3.8) is 0 Å². The molecule has 0 spiro atoms. The number of methoxy groups -OCH3 is 1. The van der Waals surface area contributed by atoms with Gasteiger partial charge >= 0.3 is 17.9 Å². The van der Waals surface area contributed by atoms with Crippen LogP contribution in [0.25, 0.3) is 0 Å². The largest absolute Gasteiger partial charge is 0.497 e. The van der Waals surface area contributed by atoms with Crippen molar-refractivity contribution in [1.29, 1.82) is 0 Å². The van der Waals surface area contributed by atoms with Crippen LogP contribution in [-0.2, 0) is 35.2 Å². The zero-order valence-corrected chi connectivity index (χ0v) is 13.0. The Kier molecular flexibility index (Phi) is 7.32. The van der Waals surface area contributed by atoms with Crippen LogP contribution in [0, 0.1) is 0 Å². The lowest BCUT2D eigenvalue weighted by Gasteiger charge is -2.07. The summed E-state index contributed by atoms with van der Waals surface area (Å²) in [6, 6.07) is 6.82. The van der Waals surface area contributed by atoms with Gasteiger partial charge in [-0.2, -0.15) is 0 Å². The van der Waals surface area contributed by atoms with Gasteiger partial charge in [0.2, 0.25) is 0 Å². The summed E-state index contributed by atoms with van der Waals surface area (Å²) >= 11 is 0. The molecule has 1 rings (SSSR count). The Morgan fingerprint density at radius 1 is 0.913 bits per heavy atom. The summed E-state index contributed by atoms with van der Waals surface area (Å²) in [6.45, 7) is 4.42. The van der Waals surface area contributed by atoms with Crippen LogP contribution in [0.2, 0.25) is 0 Å². The molecular weight excluding hydrogens is 304 g/mol. The maximum Gasteiger partial charge on any atom is 0.417 e. The van der Waals surface area contributed by atoms with Gasteiger partial charge in [0.1, 0.15) is 25.6 Å². The SMILES string of the molecule is C=C(C)C(=O)OCCOC(=O)C(=O)OCc1ccc(OC)cc1. The average Bonchev–Trinajstić information content (AvgIpc) is 2.56. The Balaban J connectivity index is 2.26. The molecule has 1 aromatic rings. The summed E-state index contributed by atoms with van der Waals surface area (Å²) in [5, 5.41) is 0. The lowest BCUT2D eigenvalue weighted by atomic mass is 10.2. The number of carbonyl (C=O) groups excluding carboxylic acids is 3. The molecule has 0 aromatic heterocycles. The third kappa shape index (κ3) is 6.64. The molecule has 0 aliphatic carbocycles. The number of esters is 3. The van der Waals surface area contributed by atoms with Crippen LogP contribution in [0.3, 0.4) is 0 Å². The third-order valence-electron chi connectivity index (χ3n) is 2.59. The molecule has 7 nitrogen and oxygen atoms in total. The van der Waals surface area contributed by atoms with Gasteiger partial charge in [-0.3, -0.25) is 0 Å². The molecule has 0 aliphatic heterocycles. The maximum absolute atomic E-state index is 11.4. The number of carbonyl (C=O) groups is 3. The molecule has 23 heavy (non-hydrogen) atoms. The van der Waals surface area contributed by atoms with Crippen LogP contribution in [0.4, 0.5) is 0 Å². The molecule has 0 unspecified atom stereocenters. The van der Waals surface area contributed by atoms with E-state index in [1.54, 1.807) is 31.4 Å². The van der Waals surface area contributed by atoms with E-state index in [9.17, 15) is 14.4 Å². The monoisotopic (exact) mass is 322 g/mol. The Labute approximate surface area is 133 Å². The van der Waals surface area contributed by atoms with Gasteiger partial charge in [0.05, 0.1) is 7.11 Å². The first kappa shape index (κ1) is 18.2. The normalized spacial score (nSPS) is 9.65. The Morgan fingerprint density at radius 2 is 1.43 bits per heavy atom. The van der Waals surface area contributed by atoms with Crippen LogP contribution in [-0.4, -0.2) is 38.2 Å². The van der Waals surface area contributed by atoms with Crippen molar-refractivity contribution in [2.45, 2.75) is 13.5 Å². The zero-order valence-electron chi connectivity index (χ0n) is 13.0. The molecule has 7 heteroatoms. The van der Waals surface area contributed by atoms with Crippen molar-refractivity contribution in [3.8, 4) is 5.75 Å². The van der Waals surface area contributed by atoms with Crippen molar-refractivity contribution in [3.05, 3.63) is 42.0 Å². The highest BCUT2D eigenvalue weighted by atomic mass is 16.6. The minimum Gasteiger partial charge on any atom is -0.497 e. The third-order valence-corrected chi connectivity index (χ3v) is 2.59. The van der Waals surface area contributed by atoms with Gasteiger partial charge in [0.25, 0.3) is 0 Å². The first-order valence-corrected chi connectivity index (χ1v) is 6.73. The average molecular weight is 322 g/mol. The van der Waals surface area contributed by atoms with Crippen LogP contribution in [0.15, 0.2) is 36.4 Å². The standard InChI is InChI=1S/C16H18O7/c1-11(2)14(17)21-8-9-22-15(18)16(19)23-10-12-4-6-13(20-3)7-5-12/h4-7H,1,8-10H2,2-3H3. The van der Waals surface area contributed by atoms with Crippen molar-refractivity contribution < 1.29 is 33.3 Å². The second-order valence-electron chi connectivity index (χ2n) is 4.48. The van der Waals surface area contributed by atoms with Gasteiger partial charge in [-0.1, -0.05) is 18.7 Å². The van der Waals surface area contributed by atoms with Gasteiger partial charge in [0.15, 0.2) is 0 Å². The molecule has 0 aliphatic rings. The van der Waals surface area contributed by atoms with Gasteiger partial charge in [-0.15, -0.1) is 0 Å². The first-order valence-electron chi connectivity index (χ1n) is 6.73. The summed E-state index contributed by atoms with van der Waals surface area (Å²) in [5.41, 5.74) is 0.928. The van der Waals surface area contributed by atoms with E-state index in [0.717, 1.165) is 0 Å². The van der Waals surface area contributed by atoms with Crippen molar-refractivity contribution >= 4 is 17.9 Å². The topological polar surface area (TPSA) is 88.1 Å². The van der Waals surface area contributed by atoms with Gasteiger partial charge in [0, 0.05) is 5.57 Å². The number of rotatable bonds is 7. The molecule has 0 fully saturated rings. The van der Waals surface area contributed by atoms with E-state index in [0.29, 0.717) is 11.3 Å². The first-order chi connectivity index (χ1) is 10.9. The fraction of sp³-hybridized carbons (Fsp3) is 0.312. The van der Waals surface area contributed by atoms with E-state index >= 15 is 0 Å². The molecule has 0 radical (unpaired) electrons. The highest BCUT2D eigenvalue weighted by Gasteiger charge is 2.17. The quantitative estimate of drug-likeness (QED) is 0.246. The van der Waals surface area contributed by atoms with E-state index in [1.165, 1.54) is 6.92 Å². The number of hydrogen-bond acceptors (Lipinski definition) is 7. The Hall–Kier alpha value is -2.83. The molecule has 0 atom stereocenters. The molecule has 0 N–H and O–H groups in total. The van der Waals surface area contributed by atoms with Crippen LogP contribution >= 0.6 is 0 Å². The predicted molar refractivity (Wildman–Crippen MR) is 79.5 cm³/mol. The van der Waals surface area contributed by atoms with E-state index in [2.05, 4.69) is 11.3 Å². The van der Waals surface area contributed by atoms with Crippen LogP contribution in [0.1, 0.15) is 12.5 Å². The molecule has 0 saturated carbocycles. The summed E-state index contributed by atoms with van der Waals surface area (Å²) in [5.74, 6) is -2.19. The smallest absolute Gasteiger partial charge is 0.417 e. The number of ether oxygens (including phenoxy) is 4. The Bertz CT molecular complexity index is 575. The molecular formula is C16H18O7. The molecule has 0 heterocycles. The zero-order chi connectivity index (χ0) is 17.2. The second kappa shape index (κ2) is 9.24. The highest BCUT2D eigenvalue weighted by molar-refractivity contribution is 6.29. The lowest BCUT2D eigenvalue weighted by molar-refractivity contribution is -0.169. The van der Waals surface area contributed by atoms with Crippen molar-refractivity contribution in [2.75, 3.05) is 20.3 Å². The molecule has 0 saturated heterocycles. The fourth-order valence-corrected chi connectivity index (χ4v) is 1.38. The van der Waals surface area contributed by atoms with E-state index in [1.807, 2.05) is 0 Å². The van der Waals surface area contributed by atoms with Crippen LogP contribution < -0.4 is 4.74 Å². The molecule has 0 bridgehead atoms. The van der Waals surface area contributed by atoms with Crippen molar-refractivity contribution in [2.24, 2.45) is 0 Å². The van der Waals surface area contributed by atoms with Gasteiger partial charge in [-0.25, -0.2) is 14.4 Å². The maximum atomic E-state index is 11.4. The van der Waals surface area contributed by atoms with E-state index in [-0.39, 0.29) is 25.4 Å². The van der Waals surface area contributed by atoms with E-state index in [4.69, 9.17) is 14.2 Å². The lowest BCUT2D eigenvalue weighted by Crippen LogP contribution is -2.22. The summed E-state index contributed by atoms with van der Waals surface area (Å²) in [7, 11) is 1.54.